The van der Waals surface area contributed by atoms with Gasteiger partial charge in [-0.05, 0) is 31.9 Å². The molecule has 7 heteroatoms. The Bertz CT molecular complexity index is 687. The molecular weight excluding hydrogens is 447 g/mol. The minimum Gasteiger partial charge on any atom is -0.494 e. The van der Waals surface area contributed by atoms with Crippen LogP contribution in [0.15, 0.2) is 29.4 Å². The second-order valence-electron chi connectivity index (χ2n) is 5.40. The van der Waals surface area contributed by atoms with Gasteiger partial charge in [0, 0.05) is 30.2 Å². The third-order valence-electron chi connectivity index (χ3n) is 3.55. The lowest BCUT2D eigenvalue weighted by Crippen LogP contribution is -2.36. The average molecular weight is 474 g/mol. The summed E-state index contributed by atoms with van der Waals surface area (Å²) in [5, 5.41) is 7.70. The van der Waals surface area contributed by atoms with Crippen LogP contribution in [0.4, 0.5) is 0 Å². The number of aliphatic imine (C=N–C) groups is 1. The lowest BCUT2D eigenvalue weighted by atomic mass is 10.1. The molecule has 0 spiro atoms. The van der Waals surface area contributed by atoms with Crippen LogP contribution in [0.25, 0.3) is 0 Å². The smallest absolute Gasteiger partial charge is 0.191 e. The molecule has 2 aromatic rings. The minimum atomic E-state index is 0. The molecule has 0 aliphatic carbocycles. The Morgan fingerprint density at radius 3 is 2.64 bits per heavy atom. The van der Waals surface area contributed by atoms with Crippen LogP contribution >= 0.6 is 35.3 Å². The standard InChI is InChI=1S/C18H26N4OS.HI/c1-5-15-11-20-17(24-15)12-22-18(19-4)21-10-14-8-7-13(3)9-16(14)23-6-2;/h7-9,11H,5-6,10,12H2,1-4H3,(H2,19,21,22);1H. The van der Waals surface area contributed by atoms with E-state index in [1.54, 1.807) is 18.4 Å². The first-order valence-electron chi connectivity index (χ1n) is 8.26. The highest BCUT2D eigenvalue weighted by Crippen LogP contribution is 2.20. The number of aryl methyl sites for hydroxylation is 2. The molecule has 0 amide bonds. The molecule has 0 saturated carbocycles. The van der Waals surface area contributed by atoms with Crippen molar-refractivity contribution in [3.8, 4) is 5.75 Å². The van der Waals surface area contributed by atoms with Crippen LogP contribution < -0.4 is 15.4 Å². The highest BCUT2D eigenvalue weighted by molar-refractivity contribution is 14.0. The van der Waals surface area contributed by atoms with E-state index in [9.17, 15) is 0 Å². The number of benzene rings is 1. The summed E-state index contributed by atoms with van der Waals surface area (Å²) in [6, 6.07) is 6.26. The number of ether oxygens (including phenoxy) is 1. The van der Waals surface area contributed by atoms with Crippen LogP contribution in [0.3, 0.4) is 0 Å². The van der Waals surface area contributed by atoms with Crippen LogP contribution in [-0.2, 0) is 19.5 Å². The number of aromatic nitrogens is 1. The van der Waals surface area contributed by atoms with E-state index in [4.69, 9.17) is 4.74 Å². The van der Waals surface area contributed by atoms with Crippen molar-refractivity contribution >= 4 is 41.3 Å². The van der Waals surface area contributed by atoms with Gasteiger partial charge in [-0.3, -0.25) is 4.99 Å². The number of thiazole rings is 1. The Hall–Kier alpha value is -1.35. The SMILES string of the molecule is CCOc1cc(C)ccc1CNC(=NC)NCc1ncc(CC)s1.I. The molecule has 0 aliphatic heterocycles. The normalized spacial score (nSPS) is 11.0. The second-order valence-corrected chi connectivity index (χ2v) is 6.60. The van der Waals surface area contributed by atoms with Crippen molar-refractivity contribution in [2.45, 2.75) is 40.3 Å². The van der Waals surface area contributed by atoms with Crippen molar-refractivity contribution in [3.05, 3.63) is 45.4 Å². The lowest BCUT2D eigenvalue weighted by Gasteiger charge is -2.14. The molecule has 1 aromatic carbocycles. The third kappa shape index (κ3) is 6.81. The molecule has 138 valence electrons. The Labute approximate surface area is 171 Å². The van der Waals surface area contributed by atoms with E-state index in [0.29, 0.717) is 19.7 Å². The fourth-order valence-corrected chi connectivity index (χ4v) is 3.05. The molecule has 0 atom stereocenters. The zero-order valence-corrected chi connectivity index (χ0v) is 18.4. The quantitative estimate of drug-likeness (QED) is 0.363. The van der Waals surface area contributed by atoms with E-state index >= 15 is 0 Å². The van der Waals surface area contributed by atoms with Crippen LogP contribution in [0.5, 0.6) is 5.75 Å². The molecule has 1 aromatic heterocycles. The molecule has 0 radical (unpaired) electrons. The van der Waals surface area contributed by atoms with E-state index in [-0.39, 0.29) is 24.0 Å². The molecule has 25 heavy (non-hydrogen) atoms. The fourth-order valence-electron chi connectivity index (χ4n) is 2.25. The monoisotopic (exact) mass is 474 g/mol. The van der Waals surface area contributed by atoms with Gasteiger partial charge in [-0.2, -0.15) is 0 Å². The number of hydrogen-bond donors (Lipinski definition) is 2. The predicted molar refractivity (Wildman–Crippen MR) is 116 cm³/mol. The van der Waals surface area contributed by atoms with Crippen molar-refractivity contribution in [1.82, 2.24) is 15.6 Å². The topological polar surface area (TPSA) is 58.5 Å². The van der Waals surface area contributed by atoms with Gasteiger partial charge in [-0.25, -0.2) is 4.98 Å². The molecule has 2 rings (SSSR count). The largest absolute Gasteiger partial charge is 0.494 e. The molecule has 1 heterocycles. The molecule has 2 N–H and O–H groups in total. The van der Waals surface area contributed by atoms with Gasteiger partial charge < -0.3 is 15.4 Å². The molecule has 0 fully saturated rings. The average Bonchev–Trinajstić information content (AvgIpc) is 3.05. The summed E-state index contributed by atoms with van der Waals surface area (Å²) in [5.74, 6) is 1.68. The first-order chi connectivity index (χ1) is 11.7. The predicted octanol–water partition coefficient (Wildman–Crippen LogP) is 3.90. The Balaban J connectivity index is 0.00000312. The van der Waals surface area contributed by atoms with Gasteiger partial charge in [-0.15, -0.1) is 35.3 Å². The highest BCUT2D eigenvalue weighted by atomic mass is 127. The van der Waals surface area contributed by atoms with E-state index < -0.39 is 0 Å². The van der Waals surface area contributed by atoms with Gasteiger partial charge in [0.2, 0.25) is 0 Å². The van der Waals surface area contributed by atoms with E-state index in [2.05, 4.69) is 52.7 Å². The first kappa shape index (κ1) is 21.7. The summed E-state index contributed by atoms with van der Waals surface area (Å²) in [6.45, 7) is 8.21. The number of nitrogens with one attached hydrogen (secondary N) is 2. The van der Waals surface area contributed by atoms with E-state index in [0.717, 1.165) is 28.7 Å². The number of rotatable bonds is 7. The Morgan fingerprint density at radius 2 is 2.00 bits per heavy atom. The van der Waals surface area contributed by atoms with Crippen LogP contribution in [0, 0.1) is 6.92 Å². The Kier molecular flexibility index (Phi) is 9.81. The second kappa shape index (κ2) is 11.3. The Morgan fingerprint density at radius 1 is 1.24 bits per heavy atom. The number of guanidine groups is 1. The van der Waals surface area contributed by atoms with Crippen molar-refractivity contribution in [3.63, 3.8) is 0 Å². The summed E-state index contributed by atoms with van der Waals surface area (Å²) in [5.41, 5.74) is 2.31. The highest BCUT2D eigenvalue weighted by Gasteiger charge is 2.06. The summed E-state index contributed by atoms with van der Waals surface area (Å²) in [6.07, 6.45) is 2.97. The van der Waals surface area contributed by atoms with Crippen molar-refractivity contribution in [1.29, 1.82) is 0 Å². The maximum absolute atomic E-state index is 5.72. The van der Waals surface area contributed by atoms with Gasteiger partial charge in [0.25, 0.3) is 0 Å². The fraction of sp³-hybridized carbons (Fsp3) is 0.444. The first-order valence-corrected chi connectivity index (χ1v) is 9.08. The summed E-state index contributed by atoms with van der Waals surface area (Å²) in [7, 11) is 1.77. The number of hydrogen-bond acceptors (Lipinski definition) is 4. The number of halogens is 1. The zero-order valence-electron chi connectivity index (χ0n) is 15.3. The molecule has 0 saturated heterocycles. The number of nitrogens with zero attached hydrogens (tertiary/aromatic N) is 2. The summed E-state index contributed by atoms with van der Waals surface area (Å²) in [4.78, 5) is 9.98. The van der Waals surface area contributed by atoms with Gasteiger partial charge >= 0.3 is 0 Å². The van der Waals surface area contributed by atoms with Gasteiger partial charge in [0.1, 0.15) is 10.8 Å². The van der Waals surface area contributed by atoms with Crippen molar-refractivity contribution in [2.24, 2.45) is 4.99 Å². The lowest BCUT2D eigenvalue weighted by molar-refractivity contribution is 0.336. The van der Waals surface area contributed by atoms with Gasteiger partial charge in [0.05, 0.1) is 13.2 Å². The summed E-state index contributed by atoms with van der Waals surface area (Å²) >= 11 is 1.73. The van der Waals surface area contributed by atoms with Crippen LogP contribution in [0.1, 0.15) is 34.9 Å². The molecule has 0 bridgehead atoms. The molecule has 5 nitrogen and oxygen atoms in total. The van der Waals surface area contributed by atoms with Gasteiger partial charge in [0.15, 0.2) is 5.96 Å². The van der Waals surface area contributed by atoms with Crippen molar-refractivity contribution < 1.29 is 4.74 Å². The summed E-state index contributed by atoms with van der Waals surface area (Å²) < 4.78 is 5.72. The van der Waals surface area contributed by atoms with Crippen LogP contribution in [-0.4, -0.2) is 24.6 Å². The molecule has 0 aliphatic rings. The zero-order chi connectivity index (χ0) is 17.4. The van der Waals surface area contributed by atoms with E-state index in [1.165, 1.54) is 10.4 Å². The van der Waals surface area contributed by atoms with Crippen molar-refractivity contribution in [2.75, 3.05) is 13.7 Å². The minimum absolute atomic E-state index is 0. The van der Waals surface area contributed by atoms with Gasteiger partial charge in [-0.1, -0.05) is 19.1 Å². The van der Waals surface area contributed by atoms with Crippen LogP contribution in [0.2, 0.25) is 0 Å². The molecular formula is C18H27IN4OS. The maximum atomic E-state index is 5.72. The molecule has 0 unspecified atom stereocenters. The van der Waals surface area contributed by atoms with E-state index in [1.807, 2.05) is 13.1 Å². The maximum Gasteiger partial charge on any atom is 0.191 e. The third-order valence-corrected chi connectivity index (χ3v) is 4.69.